The van der Waals surface area contributed by atoms with Crippen LogP contribution >= 0.6 is 0 Å². The van der Waals surface area contributed by atoms with Gasteiger partial charge in [-0.05, 0) is 55.5 Å². The highest BCUT2D eigenvalue weighted by molar-refractivity contribution is 6.07. The van der Waals surface area contributed by atoms with Crippen molar-refractivity contribution in [3.63, 3.8) is 0 Å². The van der Waals surface area contributed by atoms with Gasteiger partial charge < -0.3 is 20.1 Å². The predicted octanol–water partition coefficient (Wildman–Crippen LogP) is 4.52. The number of aryl methyl sites for hydroxylation is 1. The summed E-state index contributed by atoms with van der Waals surface area (Å²) >= 11 is 0. The standard InChI is InChI=1S/C23H22N2O4/c1-15-4-10-18(11-5-15)24-22(26)16-6-8-17(9-7-16)23(27)25-20-13-12-19(28-2)14-21(20)29-3/h4-14H,1-3H3,(H,24,26)(H,25,27). The van der Waals surface area contributed by atoms with E-state index in [-0.39, 0.29) is 11.8 Å². The Morgan fingerprint density at radius 3 is 1.86 bits per heavy atom. The van der Waals surface area contributed by atoms with E-state index in [9.17, 15) is 9.59 Å². The minimum Gasteiger partial charge on any atom is -0.497 e. The van der Waals surface area contributed by atoms with Gasteiger partial charge in [-0.25, -0.2) is 0 Å². The van der Waals surface area contributed by atoms with Gasteiger partial charge in [-0.1, -0.05) is 17.7 Å². The smallest absolute Gasteiger partial charge is 0.255 e. The molecule has 0 unspecified atom stereocenters. The van der Waals surface area contributed by atoms with E-state index < -0.39 is 0 Å². The van der Waals surface area contributed by atoms with Gasteiger partial charge in [-0.3, -0.25) is 9.59 Å². The molecule has 0 fully saturated rings. The molecule has 0 aromatic heterocycles. The highest BCUT2D eigenvalue weighted by Gasteiger charge is 2.12. The van der Waals surface area contributed by atoms with E-state index in [0.29, 0.717) is 34.0 Å². The summed E-state index contributed by atoms with van der Waals surface area (Å²) < 4.78 is 10.4. The Hall–Kier alpha value is -3.80. The summed E-state index contributed by atoms with van der Waals surface area (Å²) in [5.41, 5.74) is 3.25. The average molecular weight is 390 g/mol. The van der Waals surface area contributed by atoms with Gasteiger partial charge in [0.15, 0.2) is 0 Å². The third kappa shape index (κ3) is 4.93. The van der Waals surface area contributed by atoms with Crippen molar-refractivity contribution in [2.45, 2.75) is 6.92 Å². The zero-order valence-electron chi connectivity index (χ0n) is 16.5. The molecular formula is C23H22N2O4. The number of hydrogen-bond acceptors (Lipinski definition) is 4. The zero-order chi connectivity index (χ0) is 20.8. The summed E-state index contributed by atoms with van der Waals surface area (Å²) in [5, 5.41) is 5.63. The fourth-order valence-corrected chi connectivity index (χ4v) is 2.71. The molecular weight excluding hydrogens is 368 g/mol. The maximum absolute atomic E-state index is 12.5. The van der Waals surface area contributed by atoms with E-state index in [1.807, 2.05) is 31.2 Å². The Balaban J connectivity index is 1.68. The molecule has 0 saturated carbocycles. The van der Waals surface area contributed by atoms with Gasteiger partial charge >= 0.3 is 0 Å². The van der Waals surface area contributed by atoms with Crippen LogP contribution in [-0.4, -0.2) is 26.0 Å². The molecule has 0 spiro atoms. The summed E-state index contributed by atoms with van der Waals surface area (Å²) in [6.07, 6.45) is 0. The number of rotatable bonds is 6. The molecule has 3 rings (SSSR count). The highest BCUT2D eigenvalue weighted by Crippen LogP contribution is 2.29. The fraction of sp³-hybridized carbons (Fsp3) is 0.130. The molecule has 0 bridgehead atoms. The van der Waals surface area contributed by atoms with E-state index in [0.717, 1.165) is 5.56 Å². The van der Waals surface area contributed by atoms with Crippen LogP contribution in [0.4, 0.5) is 11.4 Å². The van der Waals surface area contributed by atoms with Gasteiger partial charge in [0.2, 0.25) is 0 Å². The number of nitrogens with one attached hydrogen (secondary N) is 2. The first-order valence-corrected chi connectivity index (χ1v) is 9.01. The van der Waals surface area contributed by atoms with Crippen molar-refractivity contribution in [2.24, 2.45) is 0 Å². The molecule has 6 heteroatoms. The number of amides is 2. The number of carbonyl (C=O) groups excluding carboxylic acids is 2. The van der Waals surface area contributed by atoms with Crippen LogP contribution in [0.3, 0.4) is 0 Å². The first kappa shape index (κ1) is 19.9. The lowest BCUT2D eigenvalue weighted by atomic mass is 10.1. The van der Waals surface area contributed by atoms with Gasteiger partial charge in [0.25, 0.3) is 11.8 Å². The second kappa shape index (κ2) is 8.93. The van der Waals surface area contributed by atoms with E-state index in [2.05, 4.69) is 10.6 Å². The number of methoxy groups -OCH3 is 2. The number of hydrogen-bond donors (Lipinski definition) is 2. The van der Waals surface area contributed by atoms with E-state index in [4.69, 9.17) is 9.47 Å². The second-order valence-corrected chi connectivity index (χ2v) is 6.42. The van der Waals surface area contributed by atoms with E-state index in [1.54, 1.807) is 49.6 Å². The molecule has 0 radical (unpaired) electrons. The van der Waals surface area contributed by atoms with Crippen molar-refractivity contribution in [2.75, 3.05) is 24.9 Å². The van der Waals surface area contributed by atoms with Crippen molar-refractivity contribution < 1.29 is 19.1 Å². The lowest BCUT2D eigenvalue weighted by Crippen LogP contribution is -2.14. The first-order chi connectivity index (χ1) is 14.0. The highest BCUT2D eigenvalue weighted by atomic mass is 16.5. The van der Waals surface area contributed by atoms with Crippen LogP contribution in [0.5, 0.6) is 11.5 Å². The van der Waals surface area contributed by atoms with Gasteiger partial charge in [0.05, 0.1) is 19.9 Å². The third-order valence-electron chi connectivity index (χ3n) is 4.38. The minimum absolute atomic E-state index is 0.238. The van der Waals surface area contributed by atoms with Crippen LogP contribution in [0.25, 0.3) is 0 Å². The molecule has 0 saturated heterocycles. The normalized spacial score (nSPS) is 10.2. The number of carbonyl (C=O) groups is 2. The van der Waals surface area contributed by atoms with Crippen LogP contribution in [0, 0.1) is 6.92 Å². The Morgan fingerprint density at radius 2 is 1.31 bits per heavy atom. The van der Waals surface area contributed by atoms with Crippen LogP contribution in [0.1, 0.15) is 26.3 Å². The first-order valence-electron chi connectivity index (χ1n) is 9.01. The van der Waals surface area contributed by atoms with Crippen molar-refractivity contribution in [3.8, 4) is 11.5 Å². The average Bonchev–Trinajstić information content (AvgIpc) is 2.75. The minimum atomic E-state index is -0.307. The topological polar surface area (TPSA) is 76.7 Å². The van der Waals surface area contributed by atoms with E-state index in [1.165, 1.54) is 7.11 Å². The van der Waals surface area contributed by atoms with Gasteiger partial charge in [-0.15, -0.1) is 0 Å². The fourth-order valence-electron chi connectivity index (χ4n) is 2.71. The third-order valence-corrected chi connectivity index (χ3v) is 4.38. The molecule has 29 heavy (non-hydrogen) atoms. The van der Waals surface area contributed by atoms with Crippen molar-refractivity contribution in [3.05, 3.63) is 83.4 Å². The second-order valence-electron chi connectivity index (χ2n) is 6.42. The van der Waals surface area contributed by atoms with Crippen molar-refractivity contribution >= 4 is 23.2 Å². The molecule has 0 aliphatic carbocycles. The monoisotopic (exact) mass is 390 g/mol. The van der Waals surface area contributed by atoms with Gasteiger partial charge in [0, 0.05) is 22.9 Å². The quantitative estimate of drug-likeness (QED) is 0.649. The van der Waals surface area contributed by atoms with Crippen molar-refractivity contribution in [1.29, 1.82) is 0 Å². The number of anilines is 2. The number of ether oxygens (including phenoxy) is 2. The van der Waals surface area contributed by atoms with Crippen LogP contribution in [-0.2, 0) is 0 Å². The summed E-state index contributed by atoms with van der Waals surface area (Å²) in [5.74, 6) is 0.576. The molecule has 0 aliphatic rings. The molecule has 148 valence electrons. The summed E-state index contributed by atoms with van der Waals surface area (Å²) in [6.45, 7) is 1.98. The molecule has 3 aromatic carbocycles. The van der Waals surface area contributed by atoms with Crippen LogP contribution < -0.4 is 20.1 Å². The largest absolute Gasteiger partial charge is 0.497 e. The van der Waals surface area contributed by atoms with E-state index >= 15 is 0 Å². The maximum atomic E-state index is 12.5. The van der Waals surface area contributed by atoms with Crippen LogP contribution in [0.15, 0.2) is 66.7 Å². The molecule has 0 aliphatic heterocycles. The SMILES string of the molecule is COc1ccc(NC(=O)c2ccc(C(=O)Nc3ccc(C)cc3)cc2)c(OC)c1. The Kier molecular flexibility index (Phi) is 6.14. The van der Waals surface area contributed by atoms with Crippen LogP contribution in [0.2, 0.25) is 0 Å². The lowest BCUT2D eigenvalue weighted by molar-refractivity contribution is 0.101. The maximum Gasteiger partial charge on any atom is 0.255 e. The molecule has 3 aromatic rings. The molecule has 0 heterocycles. The molecule has 6 nitrogen and oxygen atoms in total. The number of benzene rings is 3. The summed E-state index contributed by atoms with van der Waals surface area (Å²) in [4.78, 5) is 24.9. The molecule has 0 atom stereocenters. The van der Waals surface area contributed by atoms with Gasteiger partial charge in [-0.2, -0.15) is 0 Å². The predicted molar refractivity (Wildman–Crippen MR) is 113 cm³/mol. The lowest BCUT2D eigenvalue weighted by Gasteiger charge is -2.12. The Bertz CT molecular complexity index is 1010. The van der Waals surface area contributed by atoms with Gasteiger partial charge in [0.1, 0.15) is 11.5 Å². The van der Waals surface area contributed by atoms with Crippen molar-refractivity contribution in [1.82, 2.24) is 0 Å². The zero-order valence-corrected chi connectivity index (χ0v) is 16.5. The molecule has 2 amide bonds. The summed E-state index contributed by atoms with van der Waals surface area (Å²) in [6, 6.07) is 19.1. The Labute approximate surface area is 169 Å². The Morgan fingerprint density at radius 1 is 0.724 bits per heavy atom. The molecule has 2 N–H and O–H groups in total. The summed E-state index contributed by atoms with van der Waals surface area (Å²) in [7, 11) is 3.08.